The molecule has 2 aromatic rings. The second-order valence-corrected chi connectivity index (χ2v) is 8.37. The molecule has 3 amide bonds. The summed E-state index contributed by atoms with van der Waals surface area (Å²) in [5, 5.41) is 9.46. The molecule has 0 aromatic heterocycles. The second-order valence-electron chi connectivity index (χ2n) is 8.37. The van der Waals surface area contributed by atoms with Gasteiger partial charge in [0, 0.05) is 43.7 Å². The Hall–Kier alpha value is -3.40. The summed E-state index contributed by atoms with van der Waals surface area (Å²) >= 11 is 0. The van der Waals surface area contributed by atoms with E-state index in [2.05, 4.69) is 4.90 Å². The number of nitrogens with one attached hydrogen (secondary N) is 2. The summed E-state index contributed by atoms with van der Waals surface area (Å²) in [4.78, 5) is 26.9. The van der Waals surface area contributed by atoms with Gasteiger partial charge in [0.05, 0.1) is 0 Å². The molecule has 10 heteroatoms. The maximum absolute atomic E-state index is 12.5. The minimum Gasteiger partial charge on any atom is -0.351 e. The zero-order chi connectivity index (χ0) is 23.8. The van der Waals surface area contributed by atoms with Crippen LogP contribution in [-0.2, 0) is 17.9 Å². The van der Waals surface area contributed by atoms with Crippen LogP contribution in [0, 0.1) is 5.41 Å². The van der Waals surface area contributed by atoms with Gasteiger partial charge in [-0.2, -0.15) is 13.2 Å². The van der Waals surface area contributed by atoms with E-state index in [1.165, 1.54) is 0 Å². The molecule has 0 saturated carbocycles. The quantitative estimate of drug-likeness (QED) is 0.486. The van der Waals surface area contributed by atoms with Gasteiger partial charge in [0.2, 0.25) is 0 Å². The van der Waals surface area contributed by atoms with Crippen LogP contribution in [0.1, 0.15) is 34.6 Å². The molecule has 7 nitrogen and oxygen atoms in total. The van der Waals surface area contributed by atoms with Crippen molar-refractivity contribution in [1.82, 2.24) is 15.1 Å². The van der Waals surface area contributed by atoms with Crippen LogP contribution >= 0.6 is 0 Å². The van der Waals surface area contributed by atoms with E-state index in [0.29, 0.717) is 26.2 Å². The van der Waals surface area contributed by atoms with Gasteiger partial charge in [-0.25, -0.2) is 4.79 Å². The molecule has 174 valence electrons. The number of fused-ring (bicyclic) bond motifs is 1. The first-order valence-corrected chi connectivity index (χ1v) is 10.6. The van der Waals surface area contributed by atoms with E-state index in [-0.39, 0.29) is 17.5 Å². The van der Waals surface area contributed by atoms with Crippen molar-refractivity contribution in [3.05, 3.63) is 70.8 Å². The molecule has 2 aliphatic rings. The fourth-order valence-corrected chi connectivity index (χ4v) is 4.67. The number of alkyl halides is 3. The molecule has 1 fully saturated rings. The third-order valence-corrected chi connectivity index (χ3v) is 6.32. The van der Waals surface area contributed by atoms with Gasteiger partial charge in [-0.05, 0) is 29.2 Å². The fraction of sp³-hybridized carbons (Fsp3) is 0.348. The van der Waals surface area contributed by atoms with Gasteiger partial charge in [0.25, 0.3) is 0 Å². The predicted octanol–water partition coefficient (Wildman–Crippen LogP) is 2.94. The highest BCUT2D eigenvalue weighted by Gasteiger charge is 2.40. The third-order valence-electron chi connectivity index (χ3n) is 6.32. The lowest BCUT2D eigenvalue weighted by Crippen LogP contribution is -2.51. The highest BCUT2D eigenvalue weighted by atomic mass is 19.4. The largest absolute Gasteiger partial charge is 0.471 e. The van der Waals surface area contributed by atoms with Gasteiger partial charge in [0.1, 0.15) is 5.84 Å². The van der Waals surface area contributed by atoms with Crippen molar-refractivity contribution in [2.24, 2.45) is 5.73 Å². The lowest BCUT2D eigenvalue weighted by atomic mass is 9.85. The summed E-state index contributed by atoms with van der Waals surface area (Å²) in [6.07, 6.45) is -4.31. The van der Waals surface area contributed by atoms with E-state index in [9.17, 15) is 22.8 Å². The molecular formula is C23H24F3N5O2. The zero-order valence-electron chi connectivity index (χ0n) is 17.7. The molecule has 2 aromatic carbocycles. The van der Waals surface area contributed by atoms with Gasteiger partial charge in [0.15, 0.2) is 0 Å². The zero-order valence-corrected chi connectivity index (χ0v) is 17.7. The average Bonchev–Trinajstić information content (AvgIpc) is 3.21. The number of hydrogen-bond donors (Lipinski definition) is 3. The monoisotopic (exact) mass is 459 g/mol. The van der Waals surface area contributed by atoms with Crippen LogP contribution in [-0.4, -0.2) is 52.9 Å². The van der Waals surface area contributed by atoms with Crippen LogP contribution in [0.25, 0.3) is 0 Å². The Balaban J connectivity index is 1.52. The summed E-state index contributed by atoms with van der Waals surface area (Å²) in [5.41, 5.74) is 8.80. The Labute approximate surface area is 188 Å². The van der Waals surface area contributed by atoms with Gasteiger partial charge < -0.3 is 16.0 Å². The van der Waals surface area contributed by atoms with Crippen molar-refractivity contribution in [2.45, 2.75) is 37.6 Å². The molecule has 2 atom stereocenters. The van der Waals surface area contributed by atoms with Gasteiger partial charge in [-0.15, -0.1) is 0 Å². The number of amides is 3. The van der Waals surface area contributed by atoms with E-state index >= 15 is 0 Å². The molecule has 0 aliphatic carbocycles. The SMILES string of the molecule is N=C(NC(=O)C(F)(F)F)c1ccc2c(c1)CN(C1CCN(C(N)=O)C[C@H]1c1ccccc1)C2. The van der Waals surface area contributed by atoms with Crippen LogP contribution < -0.4 is 11.1 Å². The maximum atomic E-state index is 12.5. The minimum atomic E-state index is -5.05. The normalized spacial score (nSPS) is 20.9. The first-order valence-electron chi connectivity index (χ1n) is 10.6. The van der Waals surface area contributed by atoms with Crippen LogP contribution in [0.5, 0.6) is 0 Å². The van der Waals surface area contributed by atoms with Crippen LogP contribution in [0.2, 0.25) is 0 Å². The molecule has 0 radical (unpaired) electrons. The number of carbonyl (C=O) groups is 2. The first kappa shape index (κ1) is 22.8. The van der Waals surface area contributed by atoms with Crippen molar-refractivity contribution in [3.8, 4) is 0 Å². The topological polar surface area (TPSA) is 103 Å². The molecule has 1 unspecified atom stereocenters. The number of rotatable bonds is 3. The van der Waals surface area contributed by atoms with Crippen molar-refractivity contribution in [1.29, 1.82) is 5.41 Å². The van der Waals surface area contributed by atoms with E-state index < -0.39 is 24.0 Å². The summed E-state index contributed by atoms with van der Waals surface area (Å²) in [6, 6.07) is 14.6. The number of hydrogen-bond acceptors (Lipinski definition) is 4. The highest BCUT2D eigenvalue weighted by Crippen LogP contribution is 2.36. The molecule has 2 aliphatic heterocycles. The number of urea groups is 1. The molecule has 2 heterocycles. The number of benzene rings is 2. The molecule has 0 bridgehead atoms. The molecule has 1 saturated heterocycles. The number of nitrogens with two attached hydrogens (primary N) is 1. The van der Waals surface area contributed by atoms with E-state index in [0.717, 1.165) is 23.1 Å². The lowest BCUT2D eigenvalue weighted by Gasteiger charge is -2.42. The average molecular weight is 459 g/mol. The summed E-state index contributed by atoms with van der Waals surface area (Å²) in [5.74, 6) is -2.69. The smallest absolute Gasteiger partial charge is 0.351 e. The molecule has 4 N–H and O–H groups in total. The fourth-order valence-electron chi connectivity index (χ4n) is 4.67. The van der Waals surface area contributed by atoms with Crippen LogP contribution in [0.4, 0.5) is 18.0 Å². The number of likely N-dealkylation sites (tertiary alicyclic amines) is 1. The Morgan fingerprint density at radius 3 is 2.42 bits per heavy atom. The second kappa shape index (κ2) is 8.86. The summed E-state index contributed by atoms with van der Waals surface area (Å²) in [7, 11) is 0. The Morgan fingerprint density at radius 1 is 1.06 bits per heavy atom. The van der Waals surface area contributed by atoms with Crippen LogP contribution in [0.15, 0.2) is 48.5 Å². The first-order chi connectivity index (χ1) is 15.6. The van der Waals surface area contributed by atoms with E-state index in [4.69, 9.17) is 11.1 Å². The number of halogens is 3. The van der Waals surface area contributed by atoms with E-state index in [1.807, 2.05) is 30.3 Å². The minimum absolute atomic E-state index is 0.0607. The van der Waals surface area contributed by atoms with Gasteiger partial charge in [-0.3, -0.25) is 15.1 Å². The van der Waals surface area contributed by atoms with E-state index in [1.54, 1.807) is 28.4 Å². The van der Waals surface area contributed by atoms with Gasteiger partial charge in [-0.1, -0.05) is 42.5 Å². The molecule has 4 rings (SSSR count). The molecule has 0 spiro atoms. The summed E-state index contributed by atoms with van der Waals surface area (Å²) in [6.45, 7) is 2.28. The number of primary amides is 1. The number of amidine groups is 1. The van der Waals surface area contributed by atoms with Crippen molar-refractivity contribution >= 4 is 17.8 Å². The number of nitrogens with zero attached hydrogens (tertiary/aromatic N) is 2. The van der Waals surface area contributed by atoms with Gasteiger partial charge >= 0.3 is 18.1 Å². The Kier molecular flexibility index (Phi) is 6.11. The van der Waals surface area contributed by atoms with Crippen molar-refractivity contribution < 1.29 is 22.8 Å². The lowest BCUT2D eigenvalue weighted by molar-refractivity contribution is -0.171. The number of piperidine rings is 1. The highest BCUT2D eigenvalue weighted by molar-refractivity contribution is 6.07. The molecule has 33 heavy (non-hydrogen) atoms. The Morgan fingerprint density at radius 2 is 1.76 bits per heavy atom. The number of carbonyl (C=O) groups excluding carboxylic acids is 2. The predicted molar refractivity (Wildman–Crippen MR) is 115 cm³/mol. The standard InChI is InChI=1S/C23H24F3N5O2/c24-23(25,26)21(32)29-20(27)15-6-7-16-11-31(12-17(16)10-15)19-8-9-30(22(28)33)13-18(19)14-4-2-1-3-5-14/h1-7,10,18-19H,8-9,11-13H2,(H2,28,33)(H2,27,29,32)/t18-,19?/m0/s1. The Bertz CT molecular complexity index is 1070. The third kappa shape index (κ3) is 4.85. The maximum Gasteiger partial charge on any atom is 0.471 e. The summed E-state index contributed by atoms with van der Waals surface area (Å²) < 4.78 is 37.5. The van der Waals surface area contributed by atoms with Crippen molar-refractivity contribution in [3.63, 3.8) is 0 Å². The van der Waals surface area contributed by atoms with Crippen LogP contribution in [0.3, 0.4) is 0 Å². The van der Waals surface area contributed by atoms with Crippen molar-refractivity contribution in [2.75, 3.05) is 13.1 Å². The molecular weight excluding hydrogens is 435 g/mol.